The summed E-state index contributed by atoms with van der Waals surface area (Å²) in [5.74, 6) is 0. The smallest absolute Gasteiger partial charge is 0.0467 e. The third kappa shape index (κ3) is 3.82. The van der Waals surface area contributed by atoms with E-state index in [1.165, 1.54) is 50.4 Å². The molecular weight excluding hydrogens is 350 g/mol. The van der Waals surface area contributed by atoms with Crippen LogP contribution in [-0.4, -0.2) is 0 Å². The van der Waals surface area contributed by atoms with Gasteiger partial charge in [-0.15, -0.1) is 0 Å². The first-order chi connectivity index (χ1) is 14.0. The zero-order chi connectivity index (χ0) is 20.4. The predicted octanol–water partition coefficient (Wildman–Crippen LogP) is 8.06. The number of hydrogen-bond donors (Lipinski definition) is 0. The maximum Gasteiger partial charge on any atom is 0.0467 e. The molecule has 0 radical (unpaired) electrons. The lowest BCUT2D eigenvalue weighted by molar-refractivity contribution is 1.23. The van der Waals surface area contributed by atoms with E-state index in [1.54, 1.807) is 0 Å². The molecule has 0 fully saturated rings. The molecule has 1 heteroatoms. The lowest BCUT2D eigenvalue weighted by Crippen LogP contribution is -2.11. The largest absolute Gasteiger partial charge is 0.310 e. The Bertz CT molecular complexity index is 1100. The second kappa shape index (κ2) is 7.97. The minimum absolute atomic E-state index is 1.17. The van der Waals surface area contributed by atoms with Crippen LogP contribution < -0.4 is 4.90 Å². The summed E-state index contributed by atoms with van der Waals surface area (Å²) in [6.07, 6.45) is 0. The summed E-state index contributed by atoms with van der Waals surface area (Å²) in [4.78, 5) is 2.35. The fraction of sp³-hybridized carbons (Fsp3) is 0.143. The molecule has 0 bridgehead atoms. The third-order valence-corrected chi connectivity index (χ3v) is 5.60. The summed E-state index contributed by atoms with van der Waals surface area (Å²) < 4.78 is 0. The molecule has 0 saturated carbocycles. The van der Waals surface area contributed by atoms with Gasteiger partial charge in [0.15, 0.2) is 0 Å². The second-order valence-corrected chi connectivity index (χ2v) is 7.76. The SMILES string of the molecule is Cc1ccc(N(c2ccccc2)c2cc(C)c(-c3ccccc3)c(C)c2)cc1C. The van der Waals surface area contributed by atoms with E-state index in [1.807, 2.05) is 0 Å². The van der Waals surface area contributed by atoms with Crippen molar-refractivity contribution in [1.82, 2.24) is 0 Å². The summed E-state index contributed by atoms with van der Waals surface area (Å²) in [6.45, 7) is 8.76. The van der Waals surface area contributed by atoms with Gasteiger partial charge in [0, 0.05) is 17.1 Å². The molecule has 29 heavy (non-hydrogen) atoms. The number of anilines is 3. The van der Waals surface area contributed by atoms with Crippen molar-refractivity contribution in [2.75, 3.05) is 4.90 Å². The molecule has 0 aliphatic heterocycles. The highest BCUT2D eigenvalue weighted by Crippen LogP contribution is 2.39. The Morgan fingerprint density at radius 1 is 0.448 bits per heavy atom. The molecule has 0 amide bonds. The first kappa shape index (κ1) is 19.0. The quantitative estimate of drug-likeness (QED) is 0.347. The predicted molar refractivity (Wildman–Crippen MR) is 126 cm³/mol. The van der Waals surface area contributed by atoms with E-state index in [4.69, 9.17) is 0 Å². The van der Waals surface area contributed by atoms with Gasteiger partial charge < -0.3 is 4.90 Å². The first-order valence-corrected chi connectivity index (χ1v) is 10.1. The Kier molecular flexibility index (Phi) is 5.22. The molecule has 4 rings (SSSR count). The van der Waals surface area contributed by atoms with E-state index in [0.29, 0.717) is 0 Å². The van der Waals surface area contributed by atoms with Gasteiger partial charge in [0.25, 0.3) is 0 Å². The zero-order valence-corrected chi connectivity index (χ0v) is 17.6. The molecule has 0 spiro atoms. The van der Waals surface area contributed by atoms with E-state index < -0.39 is 0 Å². The monoisotopic (exact) mass is 377 g/mol. The molecule has 0 aromatic heterocycles. The Hall–Kier alpha value is -3.32. The molecule has 0 heterocycles. The van der Waals surface area contributed by atoms with Gasteiger partial charge in [-0.1, -0.05) is 54.6 Å². The second-order valence-electron chi connectivity index (χ2n) is 7.76. The van der Waals surface area contributed by atoms with Crippen LogP contribution in [0.3, 0.4) is 0 Å². The number of rotatable bonds is 4. The maximum atomic E-state index is 2.35. The molecule has 4 aromatic rings. The van der Waals surface area contributed by atoms with Gasteiger partial charge >= 0.3 is 0 Å². The number of aryl methyl sites for hydroxylation is 4. The summed E-state index contributed by atoms with van der Waals surface area (Å²) in [5, 5.41) is 0. The van der Waals surface area contributed by atoms with E-state index in [0.717, 1.165) is 0 Å². The van der Waals surface area contributed by atoms with E-state index in [-0.39, 0.29) is 0 Å². The Balaban J connectivity index is 1.88. The molecule has 0 N–H and O–H groups in total. The molecule has 1 nitrogen and oxygen atoms in total. The number of nitrogens with zero attached hydrogens (tertiary/aromatic N) is 1. The summed E-state index contributed by atoms with van der Waals surface area (Å²) in [5.41, 5.74) is 11.3. The topological polar surface area (TPSA) is 3.24 Å². The van der Waals surface area contributed by atoms with Crippen molar-refractivity contribution in [2.45, 2.75) is 27.7 Å². The van der Waals surface area contributed by atoms with Crippen molar-refractivity contribution in [3.8, 4) is 11.1 Å². The summed E-state index contributed by atoms with van der Waals surface area (Å²) >= 11 is 0. The van der Waals surface area contributed by atoms with Crippen LogP contribution in [0.5, 0.6) is 0 Å². The maximum absolute atomic E-state index is 2.35. The van der Waals surface area contributed by atoms with Gasteiger partial charge in [0.1, 0.15) is 0 Å². The standard InChI is InChI=1S/C28H27N/c1-20-15-16-26(17-21(20)2)29(25-13-9-6-10-14-25)27-18-22(3)28(23(4)19-27)24-11-7-5-8-12-24/h5-19H,1-4H3. The van der Waals surface area contributed by atoms with Crippen molar-refractivity contribution in [1.29, 1.82) is 0 Å². The van der Waals surface area contributed by atoms with Crippen LogP contribution in [0.15, 0.2) is 91.0 Å². The lowest BCUT2D eigenvalue weighted by Gasteiger charge is -2.27. The minimum Gasteiger partial charge on any atom is -0.310 e. The van der Waals surface area contributed by atoms with Crippen LogP contribution in [-0.2, 0) is 0 Å². The van der Waals surface area contributed by atoms with Gasteiger partial charge in [-0.25, -0.2) is 0 Å². The number of hydrogen-bond acceptors (Lipinski definition) is 1. The number of para-hydroxylation sites is 1. The molecule has 0 saturated heterocycles. The van der Waals surface area contributed by atoms with E-state index in [2.05, 4.69) is 124 Å². The van der Waals surface area contributed by atoms with Crippen LogP contribution >= 0.6 is 0 Å². The first-order valence-electron chi connectivity index (χ1n) is 10.1. The highest BCUT2D eigenvalue weighted by molar-refractivity contribution is 5.81. The van der Waals surface area contributed by atoms with Gasteiger partial charge in [-0.2, -0.15) is 0 Å². The van der Waals surface area contributed by atoms with Gasteiger partial charge in [-0.05, 0) is 97.5 Å². The molecule has 4 aromatic carbocycles. The molecule has 0 aliphatic rings. The van der Waals surface area contributed by atoms with Crippen LogP contribution in [0.25, 0.3) is 11.1 Å². The van der Waals surface area contributed by atoms with Gasteiger partial charge in [-0.3, -0.25) is 0 Å². The number of benzene rings is 4. The summed E-state index contributed by atoms with van der Waals surface area (Å²) in [7, 11) is 0. The molecule has 144 valence electrons. The fourth-order valence-corrected chi connectivity index (χ4v) is 4.02. The fourth-order valence-electron chi connectivity index (χ4n) is 4.02. The Labute approximate surface area is 174 Å². The van der Waals surface area contributed by atoms with Crippen molar-refractivity contribution < 1.29 is 0 Å². The van der Waals surface area contributed by atoms with Crippen LogP contribution in [0.2, 0.25) is 0 Å². The van der Waals surface area contributed by atoms with Crippen molar-refractivity contribution in [2.24, 2.45) is 0 Å². The Morgan fingerprint density at radius 3 is 1.59 bits per heavy atom. The van der Waals surface area contributed by atoms with Crippen LogP contribution in [0.1, 0.15) is 22.3 Å². The van der Waals surface area contributed by atoms with Crippen molar-refractivity contribution >= 4 is 17.1 Å². The highest BCUT2D eigenvalue weighted by Gasteiger charge is 2.16. The van der Waals surface area contributed by atoms with Gasteiger partial charge in [0.05, 0.1) is 0 Å². The van der Waals surface area contributed by atoms with E-state index >= 15 is 0 Å². The zero-order valence-electron chi connectivity index (χ0n) is 17.6. The average molecular weight is 378 g/mol. The molecule has 0 unspecified atom stereocenters. The van der Waals surface area contributed by atoms with Crippen LogP contribution in [0.4, 0.5) is 17.1 Å². The minimum atomic E-state index is 1.17. The highest BCUT2D eigenvalue weighted by atomic mass is 15.1. The third-order valence-electron chi connectivity index (χ3n) is 5.60. The van der Waals surface area contributed by atoms with Crippen LogP contribution in [0, 0.1) is 27.7 Å². The molecular formula is C28H27N. The Morgan fingerprint density at radius 2 is 1.00 bits per heavy atom. The van der Waals surface area contributed by atoms with Crippen molar-refractivity contribution in [3.05, 3.63) is 113 Å². The summed E-state index contributed by atoms with van der Waals surface area (Å²) in [6, 6.07) is 32.6. The van der Waals surface area contributed by atoms with Crippen molar-refractivity contribution in [3.63, 3.8) is 0 Å². The average Bonchev–Trinajstić information content (AvgIpc) is 2.72. The lowest BCUT2D eigenvalue weighted by atomic mass is 9.94. The molecule has 0 atom stereocenters. The normalized spacial score (nSPS) is 10.8. The molecule has 0 aliphatic carbocycles. The van der Waals surface area contributed by atoms with Gasteiger partial charge in [0.2, 0.25) is 0 Å². The van der Waals surface area contributed by atoms with E-state index in [9.17, 15) is 0 Å².